The quantitative estimate of drug-likeness (QED) is 0.590. The lowest BCUT2D eigenvalue weighted by molar-refractivity contribution is -0.160. The van der Waals surface area contributed by atoms with Gasteiger partial charge in [-0.2, -0.15) is 5.26 Å². The maximum atomic E-state index is 11.9. The molecule has 1 aliphatic heterocycles. The summed E-state index contributed by atoms with van der Waals surface area (Å²) >= 11 is 3.41. The molecule has 1 fully saturated rings. The highest BCUT2D eigenvalue weighted by atomic mass is 79.9. The first kappa shape index (κ1) is 17.4. The zero-order valence-corrected chi connectivity index (χ0v) is 14.5. The second-order valence-electron chi connectivity index (χ2n) is 5.14. The molecular weight excluding hydrogens is 362 g/mol. The van der Waals surface area contributed by atoms with Gasteiger partial charge in [0.25, 0.3) is 0 Å². The molecule has 23 heavy (non-hydrogen) atoms. The molecule has 1 saturated heterocycles. The van der Waals surface area contributed by atoms with Crippen molar-refractivity contribution in [3.63, 3.8) is 0 Å². The Labute approximate surface area is 143 Å². The van der Waals surface area contributed by atoms with Crippen LogP contribution in [0, 0.1) is 11.3 Å². The van der Waals surface area contributed by atoms with Gasteiger partial charge in [0, 0.05) is 30.7 Å². The second kappa shape index (κ2) is 8.09. The van der Waals surface area contributed by atoms with Crippen molar-refractivity contribution in [3.8, 4) is 6.07 Å². The molecule has 0 aliphatic carbocycles. The van der Waals surface area contributed by atoms with Crippen molar-refractivity contribution < 1.29 is 14.3 Å². The molecule has 2 rings (SSSR count). The van der Waals surface area contributed by atoms with Crippen molar-refractivity contribution in [1.29, 1.82) is 5.26 Å². The van der Waals surface area contributed by atoms with Crippen LogP contribution in [0.2, 0.25) is 0 Å². The lowest BCUT2D eigenvalue weighted by Gasteiger charge is -2.36. The van der Waals surface area contributed by atoms with Crippen LogP contribution in [0.15, 0.2) is 28.7 Å². The Kier molecular flexibility index (Phi) is 6.13. The first-order valence-electron chi connectivity index (χ1n) is 7.42. The van der Waals surface area contributed by atoms with Crippen molar-refractivity contribution in [1.82, 2.24) is 9.80 Å². The number of amides is 1. The van der Waals surface area contributed by atoms with E-state index < -0.39 is 11.9 Å². The van der Waals surface area contributed by atoms with Crippen molar-refractivity contribution in [2.75, 3.05) is 32.8 Å². The van der Waals surface area contributed by atoms with Crippen LogP contribution in [0.5, 0.6) is 0 Å². The molecule has 7 heteroatoms. The van der Waals surface area contributed by atoms with E-state index in [0.717, 1.165) is 10.0 Å². The Morgan fingerprint density at radius 1 is 1.35 bits per heavy atom. The predicted octanol–water partition coefficient (Wildman–Crippen LogP) is 1.72. The zero-order chi connectivity index (χ0) is 16.8. The van der Waals surface area contributed by atoms with E-state index in [1.807, 2.05) is 29.2 Å². The summed E-state index contributed by atoms with van der Waals surface area (Å²) < 4.78 is 5.66. The van der Waals surface area contributed by atoms with Gasteiger partial charge in [-0.25, -0.2) is 4.79 Å². The Bertz CT molecular complexity index is 621. The molecule has 1 amide bonds. The van der Waals surface area contributed by atoms with E-state index in [1.54, 1.807) is 6.92 Å². The largest absolute Gasteiger partial charge is 0.459 e. The fourth-order valence-electron chi connectivity index (χ4n) is 2.55. The van der Waals surface area contributed by atoms with Crippen molar-refractivity contribution >= 4 is 27.8 Å². The van der Waals surface area contributed by atoms with Gasteiger partial charge >= 0.3 is 11.9 Å². The average molecular weight is 380 g/mol. The fourth-order valence-corrected chi connectivity index (χ4v) is 2.97. The van der Waals surface area contributed by atoms with Gasteiger partial charge in [-0.1, -0.05) is 28.1 Å². The van der Waals surface area contributed by atoms with Gasteiger partial charge in [-0.05, 0) is 24.6 Å². The molecule has 122 valence electrons. The first-order valence-corrected chi connectivity index (χ1v) is 8.21. The van der Waals surface area contributed by atoms with Crippen molar-refractivity contribution in [2.24, 2.45) is 0 Å². The molecule has 6 nitrogen and oxygen atoms in total. The number of hydrogen-bond acceptors (Lipinski definition) is 5. The standard InChI is InChI=1S/C16H18BrN3O3/c1-2-23-16(22)15(21)20-8-6-19(7-9-20)14(11-18)12-4-3-5-13(17)10-12/h3-5,10,14H,2,6-9H2,1H3. The number of ether oxygens (including phenoxy) is 1. The number of rotatable bonds is 3. The number of esters is 1. The predicted molar refractivity (Wildman–Crippen MR) is 87.3 cm³/mol. The smallest absolute Gasteiger partial charge is 0.397 e. The second-order valence-corrected chi connectivity index (χ2v) is 6.05. The molecule has 1 unspecified atom stereocenters. The maximum Gasteiger partial charge on any atom is 0.397 e. The number of carbonyl (C=O) groups excluding carboxylic acids is 2. The third-order valence-corrected chi connectivity index (χ3v) is 4.20. The summed E-state index contributed by atoms with van der Waals surface area (Å²) in [7, 11) is 0. The normalized spacial score (nSPS) is 16.5. The third kappa shape index (κ3) is 4.30. The molecule has 1 aromatic carbocycles. The van der Waals surface area contributed by atoms with E-state index in [9.17, 15) is 14.9 Å². The monoisotopic (exact) mass is 379 g/mol. The number of nitrogens with zero attached hydrogens (tertiary/aromatic N) is 3. The number of nitriles is 1. The molecule has 1 aromatic rings. The Balaban J connectivity index is 1.99. The molecule has 0 bridgehead atoms. The molecule has 0 saturated carbocycles. The fraction of sp³-hybridized carbons (Fsp3) is 0.438. The zero-order valence-electron chi connectivity index (χ0n) is 12.9. The molecule has 0 N–H and O–H groups in total. The Morgan fingerprint density at radius 2 is 2.04 bits per heavy atom. The van der Waals surface area contributed by atoms with Crippen LogP contribution in [0.1, 0.15) is 18.5 Å². The van der Waals surface area contributed by atoms with E-state index in [4.69, 9.17) is 4.74 Å². The van der Waals surface area contributed by atoms with Gasteiger partial charge in [0.2, 0.25) is 0 Å². The maximum absolute atomic E-state index is 11.9. The van der Waals surface area contributed by atoms with Gasteiger partial charge in [0.05, 0.1) is 12.7 Å². The topological polar surface area (TPSA) is 73.6 Å². The van der Waals surface area contributed by atoms with E-state index in [2.05, 4.69) is 22.0 Å². The van der Waals surface area contributed by atoms with Gasteiger partial charge < -0.3 is 9.64 Å². The van der Waals surface area contributed by atoms with Gasteiger partial charge in [-0.3, -0.25) is 9.69 Å². The van der Waals surface area contributed by atoms with Crippen molar-refractivity contribution in [3.05, 3.63) is 34.3 Å². The van der Waals surface area contributed by atoms with Crippen molar-refractivity contribution in [2.45, 2.75) is 13.0 Å². The number of hydrogen-bond donors (Lipinski definition) is 0. The third-order valence-electron chi connectivity index (χ3n) is 3.70. The highest BCUT2D eigenvalue weighted by Crippen LogP contribution is 2.24. The highest BCUT2D eigenvalue weighted by molar-refractivity contribution is 9.10. The van der Waals surface area contributed by atoms with Gasteiger partial charge in [0.15, 0.2) is 0 Å². The van der Waals surface area contributed by atoms with Crippen LogP contribution in [0.3, 0.4) is 0 Å². The number of benzene rings is 1. The van der Waals surface area contributed by atoms with Crippen LogP contribution < -0.4 is 0 Å². The van der Waals surface area contributed by atoms with E-state index in [-0.39, 0.29) is 12.6 Å². The molecule has 1 aliphatic rings. The number of halogens is 1. The van der Waals surface area contributed by atoms with Gasteiger partial charge in [0.1, 0.15) is 6.04 Å². The molecule has 1 heterocycles. The minimum Gasteiger partial charge on any atom is -0.459 e. The Hall–Kier alpha value is -1.91. The summed E-state index contributed by atoms with van der Waals surface area (Å²) in [6.07, 6.45) is 0. The highest BCUT2D eigenvalue weighted by Gasteiger charge is 2.30. The van der Waals surface area contributed by atoms with E-state index >= 15 is 0 Å². The first-order chi connectivity index (χ1) is 11.1. The lowest BCUT2D eigenvalue weighted by atomic mass is 10.1. The van der Waals surface area contributed by atoms with E-state index in [1.165, 1.54) is 4.90 Å². The minimum absolute atomic E-state index is 0.184. The molecule has 0 aromatic heterocycles. The number of piperazine rings is 1. The Morgan fingerprint density at radius 3 is 2.61 bits per heavy atom. The molecular formula is C16H18BrN3O3. The summed E-state index contributed by atoms with van der Waals surface area (Å²) in [6.45, 7) is 3.74. The molecule has 0 spiro atoms. The van der Waals surface area contributed by atoms with E-state index in [0.29, 0.717) is 26.2 Å². The number of carbonyl (C=O) groups is 2. The van der Waals surface area contributed by atoms with Crippen LogP contribution in [-0.4, -0.2) is 54.5 Å². The van der Waals surface area contributed by atoms with Gasteiger partial charge in [-0.15, -0.1) is 0 Å². The summed E-state index contributed by atoms with van der Waals surface area (Å²) in [6, 6.07) is 9.58. The summed E-state index contributed by atoms with van der Waals surface area (Å²) in [5.41, 5.74) is 0.909. The van der Waals surface area contributed by atoms with Crippen LogP contribution in [0.4, 0.5) is 0 Å². The van der Waals surface area contributed by atoms with Crippen LogP contribution >= 0.6 is 15.9 Å². The molecule has 0 radical (unpaired) electrons. The summed E-state index contributed by atoms with van der Waals surface area (Å²) in [4.78, 5) is 26.9. The minimum atomic E-state index is -0.815. The van der Waals surface area contributed by atoms with Crippen LogP contribution in [-0.2, 0) is 14.3 Å². The SMILES string of the molecule is CCOC(=O)C(=O)N1CCN(C(C#N)c2cccc(Br)c2)CC1. The van der Waals surface area contributed by atoms with Crippen LogP contribution in [0.25, 0.3) is 0 Å². The molecule has 1 atom stereocenters. The lowest BCUT2D eigenvalue weighted by Crippen LogP contribution is -2.51. The average Bonchev–Trinajstić information content (AvgIpc) is 2.56. The summed E-state index contributed by atoms with van der Waals surface area (Å²) in [5.74, 6) is -1.42. The summed E-state index contributed by atoms with van der Waals surface area (Å²) in [5, 5.41) is 9.49.